The summed E-state index contributed by atoms with van der Waals surface area (Å²) in [4.78, 5) is 0. The van der Waals surface area contributed by atoms with Gasteiger partial charge in [-0.1, -0.05) is 6.07 Å². The SMILES string of the molecule is NS(=O)(=O)NCc1ccc(F)c(C(F)(F)F)c1. The second-order valence-corrected chi connectivity index (χ2v) is 4.56. The quantitative estimate of drug-likeness (QED) is 0.810. The molecule has 3 N–H and O–H groups in total. The number of rotatable bonds is 3. The van der Waals surface area contributed by atoms with Gasteiger partial charge in [-0.05, 0) is 17.7 Å². The molecule has 0 aromatic heterocycles. The monoisotopic (exact) mass is 272 g/mol. The van der Waals surface area contributed by atoms with Gasteiger partial charge in [0.2, 0.25) is 0 Å². The summed E-state index contributed by atoms with van der Waals surface area (Å²) in [7, 11) is -4.01. The van der Waals surface area contributed by atoms with Crippen LogP contribution in [0.2, 0.25) is 0 Å². The lowest BCUT2D eigenvalue weighted by atomic mass is 10.1. The molecule has 9 heteroatoms. The van der Waals surface area contributed by atoms with E-state index in [9.17, 15) is 26.0 Å². The average Bonchev–Trinajstić information content (AvgIpc) is 2.13. The van der Waals surface area contributed by atoms with E-state index < -0.39 is 34.3 Å². The van der Waals surface area contributed by atoms with Gasteiger partial charge in [0, 0.05) is 6.54 Å². The van der Waals surface area contributed by atoms with Crippen molar-refractivity contribution < 1.29 is 26.0 Å². The zero-order valence-corrected chi connectivity index (χ0v) is 9.07. The fraction of sp³-hybridized carbons (Fsp3) is 0.250. The van der Waals surface area contributed by atoms with Crippen LogP contribution in [0.25, 0.3) is 0 Å². The molecule has 1 rings (SSSR count). The fourth-order valence-electron chi connectivity index (χ4n) is 1.08. The first-order valence-corrected chi connectivity index (χ1v) is 5.77. The normalized spacial score (nSPS) is 12.8. The molecule has 0 bridgehead atoms. The Morgan fingerprint density at radius 3 is 2.35 bits per heavy atom. The molecular formula is C8H8F4N2O2S. The third kappa shape index (κ3) is 4.29. The highest BCUT2D eigenvalue weighted by Crippen LogP contribution is 2.31. The van der Waals surface area contributed by atoms with Crippen LogP contribution in [0.15, 0.2) is 18.2 Å². The molecule has 0 unspecified atom stereocenters. The lowest BCUT2D eigenvalue weighted by molar-refractivity contribution is -0.140. The first-order valence-electron chi connectivity index (χ1n) is 4.22. The van der Waals surface area contributed by atoms with E-state index in [0.717, 1.165) is 6.07 Å². The van der Waals surface area contributed by atoms with Gasteiger partial charge in [-0.15, -0.1) is 0 Å². The molecule has 96 valence electrons. The lowest BCUT2D eigenvalue weighted by Crippen LogP contribution is -2.30. The van der Waals surface area contributed by atoms with E-state index in [1.807, 2.05) is 0 Å². The smallest absolute Gasteiger partial charge is 0.216 e. The molecule has 0 saturated heterocycles. The van der Waals surface area contributed by atoms with E-state index in [0.29, 0.717) is 12.1 Å². The minimum atomic E-state index is -4.83. The van der Waals surface area contributed by atoms with Gasteiger partial charge in [-0.3, -0.25) is 0 Å². The van der Waals surface area contributed by atoms with E-state index in [1.54, 1.807) is 4.72 Å². The van der Waals surface area contributed by atoms with Crippen molar-refractivity contribution in [2.45, 2.75) is 12.7 Å². The molecule has 17 heavy (non-hydrogen) atoms. The number of alkyl halides is 3. The molecule has 0 aliphatic carbocycles. The van der Waals surface area contributed by atoms with Crippen molar-refractivity contribution >= 4 is 10.2 Å². The lowest BCUT2D eigenvalue weighted by Gasteiger charge is -2.10. The van der Waals surface area contributed by atoms with Gasteiger partial charge in [-0.25, -0.2) is 9.53 Å². The molecule has 0 aliphatic heterocycles. The van der Waals surface area contributed by atoms with Crippen molar-refractivity contribution in [3.05, 3.63) is 35.1 Å². The molecule has 0 aliphatic rings. The predicted molar refractivity (Wildman–Crippen MR) is 51.3 cm³/mol. The molecule has 0 atom stereocenters. The summed E-state index contributed by atoms with van der Waals surface area (Å²) in [5.74, 6) is -1.42. The Balaban J connectivity index is 2.98. The van der Waals surface area contributed by atoms with Crippen molar-refractivity contribution in [3.63, 3.8) is 0 Å². The summed E-state index contributed by atoms with van der Waals surface area (Å²) in [6.45, 7) is -0.442. The highest BCUT2D eigenvalue weighted by molar-refractivity contribution is 7.87. The Kier molecular flexibility index (Phi) is 3.74. The predicted octanol–water partition coefficient (Wildman–Crippen LogP) is 1.14. The largest absolute Gasteiger partial charge is 0.419 e. The van der Waals surface area contributed by atoms with Crippen molar-refractivity contribution in [2.24, 2.45) is 5.14 Å². The van der Waals surface area contributed by atoms with Crippen LogP contribution in [-0.4, -0.2) is 8.42 Å². The van der Waals surface area contributed by atoms with Crippen molar-refractivity contribution in [1.82, 2.24) is 4.72 Å². The molecule has 0 radical (unpaired) electrons. The van der Waals surface area contributed by atoms with Crippen molar-refractivity contribution in [1.29, 1.82) is 0 Å². The molecule has 4 nitrogen and oxygen atoms in total. The number of hydrogen-bond donors (Lipinski definition) is 2. The van der Waals surface area contributed by atoms with E-state index in [4.69, 9.17) is 0 Å². The molecule has 0 saturated carbocycles. The summed E-state index contributed by atoms with van der Waals surface area (Å²) in [5.41, 5.74) is -1.50. The van der Waals surface area contributed by atoms with Crippen molar-refractivity contribution in [3.8, 4) is 0 Å². The van der Waals surface area contributed by atoms with Crippen LogP contribution in [-0.2, 0) is 22.9 Å². The summed E-state index contributed by atoms with van der Waals surface area (Å²) in [6.07, 6.45) is -4.83. The van der Waals surface area contributed by atoms with Crippen LogP contribution in [0.1, 0.15) is 11.1 Å². The van der Waals surface area contributed by atoms with E-state index in [2.05, 4.69) is 5.14 Å². The molecule has 0 heterocycles. The topological polar surface area (TPSA) is 72.2 Å². The van der Waals surface area contributed by atoms with Gasteiger partial charge in [-0.2, -0.15) is 26.3 Å². The van der Waals surface area contributed by atoms with Crippen LogP contribution in [0, 0.1) is 5.82 Å². The highest BCUT2D eigenvalue weighted by atomic mass is 32.2. The van der Waals surface area contributed by atoms with Gasteiger partial charge in [0.1, 0.15) is 5.82 Å². The Bertz CT molecular complexity index is 513. The van der Waals surface area contributed by atoms with E-state index in [-0.39, 0.29) is 5.56 Å². The van der Waals surface area contributed by atoms with Gasteiger partial charge >= 0.3 is 6.18 Å². The standard InChI is InChI=1S/C8H8F4N2O2S/c9-7-2-1-5(4-14-17(13,15)16)3-6(7)8(10,11)12/h1-3,14H,4H2,(H2,13,15,16). The van der Waals surface area contributed by atoms with Gasteiger partial charge < -0.3 is 0 Å². The summed E-state index contributed by atoms with van der Waals surface area (Å²) >= 11 is 0. The number of hydrogen-bond acceptors (Lipinski definition) is 2. The molecular weight excluding hydrogens is 264 g/mol. The second-order valence-electron chi connectivity index (χ2n) is 3.18. The number of halogens is 4. The van der Waals surface area contributed by atoms with E-state index >= 15 is 0 Å². The maximum absolute atomic E-state index is 12.9. The summed E-state index contributed by atoms with van der Waals surface area (Å²) in [5, 5.41) is 4.60. The van der Waals surface area contributed by atoms with Crippen LogP contribution >= 0.6 is 0 Å². The van der Waals surface area contributed by atoms with Crippen LogP contribution < -0.4 is 9.86 Å². The van der Waals surface area contributed by atoms with Crippen molar-refractivity contribution in [2.75, 3.05) is 0 Å². The van der Waals surface area contributed by atoms with Gasteiger partial charge in [0.25, 0.3) is 10.2 Å². The molecule has 0 spiro atoms. The second kappa shape index (κ2) is 4.59. The Morgan fingerprint density at radius 2 is 1.88 bits per heavy atom. The first-order chi connectivity index (χ1) is 7.59. The zero-order chi connectivity index (χ0) is 13.3. The molecule has 1 aromatic rings. The van der Waals surface area contributed by atoms with E-state index in [1.165, 1.54) is 0 Å². The third-order valence-corrected chi connectivity index (χ3v) is 2.36. The molecule has 1 aromatic carbocycles. The first kappa shape index (κ1) is 13.9. The summed E-state index contributed by atoms with van der Waals surface area (Å²) in [6, 6.07) is 2.17. The average molecular weight is 272 g/mol. The number of nitrogens with one attached hydrogen (secondary N) is 1. The molecule has 0 fully saturated rings. The number of nitrogens with two attached hydrogens (primary N) is 1. The van der Waals surface area contributed by atoms with Crippen LogP contribution in [0.4, 0.5) is 17.6 Å². The Morgan fingerprint density at radius 1 is 1.29 bits per heavy atom. The third-order valence-electron chi connectivity index (χ3n) is 1.81. The Labute approximate surface area is 94.6 Å². The highest BCUT2D eigenvalue weighted by Gasteiger charge is 2.34. The zero-order valence-electron chi connectivity index (χ0n) is 8.25. The molecule has 0 amide bonds. The number of benzene rings is 1. The Hall–Kier alpha value is -1.19. The maximum Gasteiger partial charge on any atom is 0.419 e. The van der Waals surface area contributed by atoms with Crippen LogP contribution in [0.5, 0.6) is 0 Å². The minimum absolute atomic E-state index is 0.0484. The maximum atomic E-state index is 12.9. The van der Waals surface area contributed by atoms with Gasteiger partial charge in [0.05, 0.1) is 5.56 Å². The summed E-state index contributed by atoms with van der Waals surface area (Å²) < 4.78 is 72.6. The minimum Gasteiger partial charge on any atom is -0.216 e. The van der Waals surface area contributed by atoms with Crippen LogP contribution in [0.3, 0.4) is 0 Å². The van der Waals surface area contributed by atoms with Gasteiger partial charge in [0.15, 0.2) is 0 Å². The fourth-order valence-corrected chi connectivity index (χ4v) is 1.45.